The van der Waals surface area contributed by atoms with Crippen molar-refractivity contribution in [2.24, 2.45) is 22.7 Å². The Morgan fingerprint density at radius 3 is 2.73 bits per heavy atom. The van der Waals surface area contributed by atoms with Gasteiger partial charge in [0.25, 0.3) is 0 Å². The first-order chi connectivity index (χ1) is 5.09. The van der Waals surface area contributed by atoms with E-state index >= 15 is 0 Å². The first-order valence-electron chi connectivity index (χ1n) is 4.76. The van der Waals surface area contributed by atoms with Gasteiger partial charge in [-0.1, -0.05) is 25.5 Å². The molecule has 1 spiro atoms. The normalized spacial score (nSPS) is 55.7. The Hall–Kier alpha value is -0.260. The second-order valence-corrected chi connectivity index (χ2v) is 5.40. The average Bonchev–Trinajstić information content (AvgIpc) is 2.45. The highest BCUT2D eigenvalue weighted by Crippen LogP contribution is 2.84. The maximum absolute atomic E-state index is 2.49. The molecule has 0 radical (unpaired) electrons. The zero-order chi connectivity index (χ0) is 7.85. The summed E-state index contributed by atoms with van der Waals surface area (Å²) in [6.45, 7) is 7.24. The van der Waals surface area contributed by atoms with Crippen LogP contribution in [-0.2, 0) is 0 Å². The van der Waals surface area contributed by atoms with Gasteiger partial charge in [0, 0.05) is 0 Å². The molecule has 3 rings (SSSR count). The zero-order valence-electron chi connectivity index (χ0n) is 7.65. The van der Waals surface area contributed by atoms with Crippen LogP contribution in [0.5, 0.6) is 0 Å². The van der Waals surface area contributed by atoms with Crippen molar-refractivity contribution in [2.75, 3.05) is 0 Å². The standard InChI is InChI=1S/C11H16/c1-7-4-5-11-6-8(11)10(2,3)9(7)11/h4,8-9H,5-6H2,1-3H3. The lowest BCUT2D eigenvalue weighted by atomic mass is 9.55. The molecule has 2 fully saturated rings. The Kier molecular flexibility index (Phi) is 0.753. The fourth-order valence-electron chi connectivity index (χ4n) is 4.34. The number of hydrogen-bond acceptors (Lipinski definition) is 0. The van der Waals surface area contributed by atoms with Gasteiger partial charge in [0.15, 0.2) is 0 Å². The summed E-state index contributed by atoms with van der Waals surface area (Å²) in [6.07, 6.45) is 5.41. The molecule has 60 valence electrons. The third kappa shape index (κ3) is 0.432. The van der Waals surface area contributed by atoms with E-state index < -0.39 is 0 Å². The Labute approximate surface area is 68.7 Å². The largest absolute Gasteiger partial charge is 0.0847 e. The smallest absolute Gasteiger partial charge is 0.00892 e. The van der Waals surface area contributed by atoms with E-state index in [2.05, 4.69) is 26.8 Å². The van der Waals surface area contributed by atoms with Crippen LogP contribution in [-0.4, -0.2) is 0 Å². The van der Waals surface area contributed by atoms with Crippen molar-refractivity contribution in [3.05, 3.63) is 11.6 Å². The van der Waals surface area contributed by atoms with E-state index in [9.17, 15) is 0 Å². The van der Waals surface area contributed by atoms with Gasteiger partial charge in [-0.2, -0.15) is 0 Å². The molecular formula is C11H16. The minimum Gasteiger partial charge on any atom is -0.0847 e. The first-order valence-corrected chi connectivity index (χ1v) is 4.76. The second-order valence-electron chi connectivity index (χ2n) is 5.40. The van der Waals surface area contributed by atoms with E-state index in [1.165, 1.54) is 12.8 Å². The van der Waals surface area contributed by atoms with Crippen molar-refractivity contribution in [1.82, 2.24) is 0 Å². The molecule has 3 aliphatic carbocycles. The summed E-state index contributed by atoms with van der Waals surface area (Å²) in [5.41, 5.74) is 3.15. The van der Waals surface area contributed by atoms with Crippen LogP contribution in [0.2, 0.25) is 0 Å². The number of allylic oxidation sites excluding steroid dienone is 2. The van der Waals surface area contributed by atoms with Crippen molar-refractivity contribution < 1.29 is 0 Å². The Morgan fingerprint density at radius 1 is 1.45 bits per heavy atom. The maximum atomic E-state index is 2.49. The summed E-state index contributed by atoms with van der Waals surface area (Å²) in [7, 11) is 0. The molecule has 0 saturated heterocycles. The molecular weight excluding hydrogens is 132 g/mol. The first kappa shape index (κ1) is 6.28. The van der Waals surface area contributed by atoms with Crippen LogP contribution >= 0.6 is 0 Å². The molecule has 0 nitrogen and oxygen atoms in total. The summed E-state index contributed by atoms with van der Waals surface area (Å²) in [5, 5.41) is 0. The Morgan fingerprint density at radius 2 is 2.18 bits per heavy atom. The minimum absolute atomic E-state index is 0.650. The highest BCUT2D eigenvalue weighted by Gasteiger charge is 2.78. The molecule has 0 aromatic rings. The van der Waals surface area contributed by atoms with E-state index in [0.717, 1.165) is 17.3 Å². The fraction of sp³-hybridized carbons (Fsp3) is 0.818. The Bertz CT molecular complexity index is 259. The fourth-order valence-corrected chi connectivity index (χ4v) is 4.34. The van der Waals surface area contributed by atoms with Crippen molar-refractivity contribution in [2.45, 2.75) is 33.6 Å². The molecule has 0 heteroatoms. The van der Waals surface area contributed by atoms with Crippen LogP contribution in [0, 0.1) is 22.7 Å². The Balaban J connectivity index is 2.05. The zero-order valence-corrected chi connectivity index (χ0v) is 7.65. The molecule has 0 aliphatic heterocycles. The minimum atomic E-state index is 0.650. The maximum Gasteiger partial charge on any atom is -0.00892 e. The predicted octanol–water partition coefficient (Wildman–Crippen LogP) is 3.00. The number of rotatable bonds is 0. The van der Waals surface area contributed by atoms with Gasteiger partial charge < -0.3 is 0 Å². The van der Waals surface area contributed by atoms with Gasteiger partial charge in [-0.15, -0.1) is 0 Å². The summed E-state index contributed by atoms with van der Waals surface area (Å²) in [6, 6.07) is 0. The van der Waals surface area contributed by atoms with Crippen LogP contribution in [0.4, 0.5) is 0 Å². The molecule has 3 aliphatic rings. The second kappa shape index (κ2) is 1.32. The van der Waals surface area contributed by atoms with Crippen LogP contribution in [0.15, 0.2) is 11.6 Å². The lowest BCUT2D eigenvalue weighted by Gasteiger charge is -2.48. The third-order valence-electron chi connectivity index (χ3n) is 4.59. The van der Waals surface area contributed by atoms with Crippen molar-refractivity contribution in [3.8, 4) is 0 Å². The summed E-state index contributed by atoms with van der Waals surface area (Å²) < 4.78 is 0. The SMILES string of the molecule is CC1=CCC23CC2C(C)(C)C13. The predicted molar refractivity (Wildman–Crippen MR) is 46.2 cm³/mol. The van der Waals surface area contributed by atoms with Crippen molar-refractivity contribution in [3.63, 3.8) is 0 Å². The lowest BCUT2D eigenvalue weighted by Crippen LogP contribution is -2.43. The van der Waals surface area contributed by atoms with E-state index in [-0.39, 0.29) is 0 Å². The van der Waals surface area contributed by atoms with Crippen LogP contribution in [0.25, 0.3) is 0 Å². The average molecular weight is 148 g/mol. The summed E-state index contributed by atoms with van der Waals surface area (Å²) >= 11 is 0. The van der Waals surface area contributed by atoms with Crippen LogP contribution < -0.4 is 0 Å². The quantitative estimate of drug-likeness (QED) is 0.463. The molecule has 0 aromatic carbocycles. The highest BCUT2D eigenvalue weighted by atomic mass is 14.8. The monoisotopic (exact) mass is 148 g/mol. The topological polar surface area (TPSA) is 0 Å². The molecule has 0 heterocycles. The summed E-state index contributed by atoms with van der Waals surface area (Å²) in [5.74, 6) is 2.04. The van der Waals surface area contributed by atoms with Crippen molar-refractivity contribution >= 4 is 0 Å². The molecule has 11 heavy (non-hydrogen) atoms. The van der Waals surface area contributed by atoms with Crippen LogP contribution in [0.1, 0.15) is 33.6 Å². The summed E-state index contributed by atoms with van der Waals surface area (Å²) in [4.78, 5) is 0. The van der Waals surface area contributed by atoms with Gasteiger partial charge >= 0.3 is 0 Å². The third-order valence-corrected chi connectivity index (χ3v) is 4.59. The van der Waals surface area contributed by atoms with Gasteiger partial charge in [-0.05, 0) is 42.4 Å². The molecule has 0 aromatic heterocycles. The van der Waals surface area contributed by atoms with Crippen molar-refractivity contribution in [1.29, 1.82) is 0 Å². The van der Waals surface area contributed by atoms with Gasteiger partial charge in [0.2, 0.25) is 0 Å². The molecule has 3 atom stereocenters. The molecule has 2 saturated carbocycles. The van der Waals surface area contributed by atoms with Gasteiger partial charge in [-0.3, -0.25) is 0 Å². The highest BCUT2D eigenvalue weighted by molar-refractivity contribution is 5.38. The number of hydrogen-bond donors (Lipinski definition) is 0. The van der Waals surface area contributed by atoms with E-state index in [1.54, 1.807) is 5.57 Å². The van der Waals surface area contributed by atoms with Crippen LogP contribution in [0.3, 0.4) is 0 Å². The molecule has 0 N–H and O–H groups in total. The van der Waals surface area contributed by atoms with Gasteiger partial charge in [0.1, 0.15) is 0 Å². The molecule has 0 amide bonds. The lowest BCUT2D eigenvalue weighted by molar-refractivity contribution is 0.0197. The van der Waals surface area contributed by atoms with E-state index in [0.29, 0.717) is 5.41 Å². The van der Waals surface area contributed by atoms with Gasteiger partial charge in [-0.25, -0.2) is 0 Å². The molecule has 0 bridgehead atoms. The van der Waals surface area contributed by atoms with E-state index in [1.807, 2.05) is 0 Å². The molecule has 3 unspecified atom stereocenters. The van der Waals surface area contributed by atoms with Gasteiger partial charge in [0.05, 0.1) is 0 Å². The van der Waals surface area contributed by atoms with E-state index in [4.69, 9.17) is 0 Å².